The third-order valence-corrected chi connectivity index (χ3v) is 4.42. The lowest BCUT2D eigenvalue weighted by molar-refractivity contribution is -0.139. The maximum Gasteiger partial charge on any atom is 0.247 e. The Morgan fingerprint density at radius 3 is 1.65 bits per heavy atom. The summed E-state index contributed by atoms with van der Waals surface area (Å²) in [6.45, 7) is 4.87. The van der Waals surface area contributed by atoms with Crippen molar-refractivity contribution in [3.8, 4) is 0 Å². The van der Waals surface area contributed by atoms with Crippen LogP contribution < -0.4 is 0 Å². The van der Waals surface area contributed by atoms with E-state index in [1.54, 1.807) is 58.7 Å². The fourth-order valence-corrected chi connectivity index (χ4v) is 3.01. The van der Waals surface area contributed by atoms with Gasteiger partial charge in [-0.15, -0.1) is 0 Å². The Labute approximate surface area is 152 Å². The molecule has 2 aromatic rings. The molecule has 0 N–H and O–H groups in total. The number of furan rings is 2. The van der Waals surface area contributed by atoms with Gasteiger partial charge in [-0.2, -0.15) is 0 Å². The molecule has 3 rings (SSSR count). The Hall–Kier alpha value is -3.02. The van der Waals surface area contributed by atoms with E-state index in [-0.39, 0.29) is 23.9 Å². The average Bonchev–Trinajstić information content (AvgIpc) is 3.32. The zero-order valence-corrected chi connectivity index (χ0v) is 14.9. The van der Waals surface area contributed by atoms with Gasteiger partial charge in [0.25, 0.3) is 0 Å². The van der Waals surface area contributed by atoms with Gasteiger partial charge in [-0.05, 0) is 50.3 Å². The summed E-state index contributed by atoms with van der Waals surface area (Å²) >= 11 is 0. The van der Waals surface area contributed by atoms with Crippen LogP contribution >= 0.6 is 0 Å². The van der Waals surface area contributed by atoms with Crippen molar-refractivity contribution < 1.29 is 18.4 Å². The van der Waals surface area contributed by atoms with Gasteiger partial charge in [0, 0.05) is 37.3 Å². The van der Waals surface area contributed by atoms with Crippen LogP contribution in [0.3, 0.4) is 0 Å². The van der Waals surface area contributed by atoms with Gasteiger partial charge in [-0.25, -0.2) is 0 Å². The largest absolute Gasteiger partial charge is 0.465 e. The lowest BCUT2D eigenvalue weighted by atomic mass is 10.1. The zero-order chi connectivity index (χ0) is 18.5. The van der Waals surface area contributed by atoms with Gasteiger partial charge in [0.05, 0.1) is 12.5 Å². The number of amides is 2. The Bertz CT molecular complexity index is 722. The highest BCUT2D eigenvalue weighted by Gasteiger charge is 2.32. The Morgan fingerprint density at radius 1 is 0.885 bits per heavy atom. The molecule has 2 amide bonds. The Kier molecular flexibility index (Phi) is 5.41. The van der Waals surface area contributed by atoms with Crippen molar-refractivity contribution in [2.45, 2.75) is 25.9 Å². The summed E-state index contributed by atoms with van der Waals surface area (Å²) in [7, 11) is 0. The van der Waals surface area contributed by atoms with E-state index in [9.17, 15) is 9.59 Å². The SMILES string of the molecule is CC1CN(C(=O)C=Cc2ccco2)C(C)CN1C(=O)C=Cc1ccco1. The van der Waals surface area contributed by atoms with Gasteiger partial charge < -0.3 is 18.6 Å². The van der Waals surface area contributed by atoms with Gasteiger partial charge in [-0.1, -0.05) is 0 Å². The minimum atomic E-state index is -0.0843. The highest BCUT2D eigenvalue weighted by atomic mass is 16.3. The molecule has 2 unspecified atom stereocenters. The predicted molar refractivity (Wildman–Crippen MR) is 97.8 cm³/mol. The van der Waals surface area contributed by atoms with Gasteiger partial charge in [-0.3, -0.25) is 9.59 Å². The van der Waals surface area contributed by atoms with Crippen molar-refractivity contribution in [1.82, 2.24) is 9.80 Å². The first-order valence-electron chi connectivity index (χ1n) is 8.59. The summed E-state index contributed by atoms with van der Waals surface area (Å²) in [4.78, 5) is 28.5. The van der Waals surface area contributed by atoms with Crippen LogP contribution in [0.4, 0.5) is 0 Å². The van der Waals surface area contributed by atoms with Crippen molar-refractivity contribution in [3.05, 3.63) is 60.5 Å². The molecule has 0 radical (unpaired) electrons. The van der Waals surface area contributed by atoms with E-state index in [2.05, 4.69) is 0 Å². The van der Waals surface area contributed by atoms with Crippen LogP contribution in [-0.2, 0) is 9.59 Å². The molecule has 2 aromatic heterocycles. The molecule has 136 valence electrons. The molecule has 6 nitrogen and oxygen atoms in total. The van der Waals surface area contributed by atoms with Crippen molar-refractivity contribution >= 4 is 24.0 Å². The van der Waals surface area contributed by atoms with Gasteiger partial charge in [0.2, 0.25) is 11.8 Å². The smallest absolute Gasteiger partial charge is 0.247 e. The van der Waals surface area contributed by atoms with E-state index >= 15 is 0 Å². The van der Waals surface area contributed by atoms with E-state index in [0.29, 0.717) is 24.6 Å². The van der Waals surface area contributed by atoms with Crippen LogP contribution in [0.5, 0.6) is 0 Å². The summed E-state index contributed by atoms with van der Waals surface area (Å²) in [6.07, 6.45) is 9.46. The number of nitrogens with zero attached hydrogens (tertiary/aromatic N) is 2. The maximum absolute atomic E-state index is 12.5. The first-order valence-corrected chi connectivity index (χ1v) is 8.59. The lowest BCUT2D eigenvalue weighted by Gasteiger charge is -2.43. The Morgan fingerprint density at radius 2 is 1.31 bits per heavy atom. The van der Waals surface area contributed by atoms with Crippen molar-refractivity contribution in [2.75, 3.05) is 13.1 Å². The second kappa shape index (κ2) is 7.91. The third-order valence-electron chi connectivity index (χ3n) is 4.42. The van der Waals surface area contributed by atoms with Crippen LogP contribution in [0.15, 0.2) is 57.8 Å². The first-order chi connectivity index (χ1) is 12.5. The van der Waals surface area contributed by atoms with Gasteiger partial charge in [0.1, 0.15) is 11.5 Å². The zero-order valence-electron chi connectivity index (χ0n) is 14.9. The molecule has 0 aromatic carbocycles. The second-order valence-electron chi connectivity index (χ2n) is 6.38. The quantitative estimate of drug-likeness (QED) is 0.792. The van der Waals surface area contributed by atoms with E-state index in [4.69, 9.17) is 8.83 Å². The van der Waals surface area contributed by atoms with Gasteiger partial charge in [0.15, 0.2) is 0 Å². The van der Waals surface area contributed by atoms with Crippen LogP contribution in [0.1, 0.15) is 25.4 Å². The number of carbonyl (C=O) groups excluding carboxylic acids is 2. The van der Waals surface area contributed by atoms with Crippen molar-refractivity contribution in [2.24, 2.45) is 0 Å². The molecule has 1 fully saturated rings. The summed E-state index contributed by atoms with van der Waals surface area (Å²) in [5.74, 6) is 1.10. The predicted octanol–water partition coefficient (Wildman–Crippen LogP) is 3.05. The molecule has 6 heteroatoms. The average molecular weight is 354 g/mol. The molecule has 0 bridgehead atoms. The number of hydrogen-bond acceptors (Lipinski definition) is 4. The molecule has 1 saturated heterocycles. The number of carbonyl (C=O) groups is 2. The summed E-state index contributed by atoms with van der Waals surface area (Å²) in [5.41, 5.74) is 0. The first kappa shape index (κ1) is 17.8. The molecule has 0 aliphatic carbocycles. The number of rotatable bonds is 4. The normalized spacial score (nSPS) is 21.0. The molecule has 2 atom stereocenters. The van der Waals surface area contributed by atoms with Crippen LogP contribution in [0.2, 0.25) is 0 Å². The lowest BCUT2D eigenvalue weighted by Crippen LogP contribution is -2.59. The molecule has 0 saturated carbocycles. The molecule has 1 aliphatic heterocycles. The fraction of sp³-hybridized carbons (Fsp3) is 0.300. The fourth-order valence-electron chi connectivity index (χ4n) is 3.01. The maximum atomic E-state index is 12.5. The monoisotopic (exact) mass is 354 g/mol. The Balaban J connectivity index is 1.61. The molecule has 26 heavy (non-hydrogen) atoms. The molecule has 1 aliphatic rings. The molecule has 3 heterocycles. The van der Waals surface area contributed by atoms with E-state index in [1.165, 1.54) is 12.2 Å². The summed E-state index contributed by atoms with van der Waals surface area (Å²) in [5, 5.41) is 0. The third kappa shape index (κ3) is 4.14. The van der Waals surface area contributed by atoms with Crippen LogP contribution in [0, 0.1) is 0 Å². The minimum Gasteiger partial charge on any atom is -0.465 e. The highest BCUT2D eigenvalue weighted by Crippen LogP contribution is 2.17. The topological polar surface area (TPSA) is 66.9 Å². The standard InChI is InChI=1S/C20H22N2O4/c1-15-13-22(20(24)10-8-18-6-4-12-26-18)16(2)14-21(15)19(23)9-7-17-5-3-11-25-17/h3-12,15-16H,13-14H2,1-2H3. The van der Waals surface area contributed by atoms with Crippen LogP contribution in [-0.4, -0.2) is 46.8 Å². The number of hydrogen-bond donors (Lipinski definition) is 0. The van der Waals surface area contributed by atoms with Crippen molar-refractivity contribution in [3.63, 3.8) is 0 Å². The summed E-state index contributed by atoms with van der Waals surface area (Å²) in [6, 6.07) is 6.99. The molecule has 0 spiro atoms. The van der Waals surface area contributed by atoms with E-state index < -0.39 is 0 Å². The summed E-state index contributed by atoms with van der Waals surface area (Å²) < 4.78 is 10.4. The van der Waals surface area contributed by atoms with Crippen molar-refractivity contribution in [1.29, 1.82) is 0 Å². The second-order valence-corrected chi connectivity index (χ2v) is 6.38. The number of piperazine rings is 1. The van der Waals surface area contributed by atoms with E-state index in [1.807, 2.05) is 13.8 Å². The molecular weight excluding hydrogens is 332 g/mol. The highest BCUT2D eigenvalue weighted by molar-refractivity contribution is 5.93. The van der Waals surface area contributed by atoms with Gasteiger partial charge >= 0.3 is 0 Å². The van der Waals surface area contributed by atoms with E-state index in [0.717, 1.165) is 0 Å². The van der Waals surface area contributed by atoms with Crippen LogP contribution in [0.25, 0.3) is 12.2 Å². The minimum absolute atomic E-state index is 0.0686. The molecular formula is C20H22N2O4.